The largest absolute Gasteiger partial charge is 0.350 e. The van der Waals surface area contributed by atoms with Crippen molar-refractivity contribution in [2.75, 3.05) is 16.8 Å². The molecule has 6 nitrogen and oxygen atoms in total. The molecule has 1 heterocycles. The van der Waals surface area contributed by atoms with Crippen LogP contribution in [0.5, 0.6) is 0 Å². The number of hydrogen-bond donors (Lipinski definition) is 2. The second-order valence-electron chi connectivity index (χ2n) is 7.79. The first-order valence-electron chi connectivity index (χ1n) is 9.85. The van der Waals surface area contributed by atoms with Crippen LogP contribution in [0, 0.1) is 19.8 Å². The molecule has 0 aromatic heterocycles. The van der Waals surface area contributed by atoms with Crippen molar-refractivity contribution < 1.29 is 14.4 Å². The molecule has 2 aromatic rings. The molecule has 1 fully saturated rings. The van der Waals surface area contributed by atoms with E-state index in [2.05, 4.69) is 10.6 Å². The molecule has 6 heteroatoms. The van der Waals surface area contributed by atoms with Crippen LogP contribution in [0.2, 0.25) is 0 Å². The maximum Gasteiger partial charge on any atom is 0.253 e. The molecule has 29 heavy (non-hydrogen) atoms. The van der Waals surface area contributed by atoms with Crippen LogP contribution < -0.4 is 15.5 Å². The van der Waals surface area contributed by atoms with Gasteiger partial charge in [-0.1, -0.05) is 24.3 Å². The molecule has 0 spiro atoms. The molecule has 1 aliphatic heterocycles. The summed E-state index contributed by atoms with van der Waals surface area (Å²) in [6, 6.07) is 12.7. The molecule has 1 aliphatic rings. The predicted octanol–water partition coefficient (Wildman–Crippen LogP) is 3.43. The number of carbonyl (C=O) groups excluding carboxylic acids is 3. The third kappa shape index (κ3) is 4.47. The van der Waals surface area contributed by atoms with Gasteiger partial charge in [-0.3, -0.25) is 14.4 Å². The molecule has 1 saturated heterocycles. The second kappa shape index (κ2) is 8.47. The zero-order valence-electron chi connectivity index (χ0n) is 17.3. The van der Waals surface area contributed by atoms with Gasteiger partial charge in [0.05, 0.1) is 17.2 Å². The normalized spacial score (nSPS) is 16.2. The van der Waals surface area contributed by atoms with Crippen LogP contribution >= 0.6 is 0 Å². The quantitative estimate of drug-likeness (QED) is 0.817. The Balaban J connectivity index is 1.75. The van der Waals surface area contributed by atoms with Crippen LogP contribution in [0.3, 0.4) is 0 Å². The molecule has 1 atom stereocenters. The first-order chi connectivity index (χ1) is 13.8. The van der Waals surface area contributed by atoms with E-state index < -0.39 is 5.92 Å². The Hall–Kier alpha value is -3.15. The van der Waals surface area contributed by atoms with Crippen molar-refractivity contribution in [1.82, 2.24) is 5.32 Å². The third-order valence-electron chi connectivity index (χ3n) is 5.21. The van der Waals surface area contributed by atoms with Gasteiger partial charge in [0.15, 0.2) is 0 Å². The fourth-order valence-corrected chi connectivity index (χ4v) is 3.51. The molecule has 2 N–H and O–H groups in total. The summed E-state index contributed by atoms with van der Waals surface area (Å²) in [7, 11) is 0. The van der Waals surface area contributed by atoms with E-state index >= 15 is 0 Å². The summed E-state index contributed by atoms with van der Waals surface area (Å²) >= 11 is 0. The van der Waals surface area contributed by atoms with Crippen LogP contribution in [0.25, 0.3) is 0 Å². The Morgan fingerprint density at radius 1 is 1.07 bits per heavy atom. The lowest BCUT2D eigenvalue weighted by Gasteiger charge is -2.20. The van der Waals surface area contributed by atoms with Gasteiger partial charge in [0.1, 0.15) is 0 Å². The minimum absolute atomic E-state index is 0.00941. The predicted molar refractivity (Wildman–Crippen MR) is 114 cm³/mol. The zero-order chi connectivity index (χ0) is 21.1. The molecule has 0 radical (unpaired) electrons. The number of nitrogens with one attached hydrogen (secondary N) is 2. The van der Waals surface area contributed by atoms with Crippen LogP contribution in [0.4, 0.5) is 11.4 Å². The number of rotatable bonds is 5. The van der Waals surface area contributed by atoms with Crippen molar-refractivity contribution in [2.24, 2.45) is 5.92 Å². The summed E-state index contributed by atoms with van der Waals surface area (Å²) in [5.74, 6) is -1.03. The Morgan fingerprint density at radius 2 is 1.79 bits per heavy atom. The average molecular weight is 393 g/mol. The van der Waals surface area contributed by atoms with Crippen molar-refractivity contribution in [1.29, 1.82) is 0 Å². The summed E-state index contributed by atoms with van der Waals surface area (Å²) in [5, 5.41) is 5.68. The third-order valence-corrected chi connectivity index (χ3v) is 5.21. The minimum atomic E-state index is -0.469. The van der Waals surface area contributed by atoms with Gasteiger partial charge in [-0.25, -0.2) is 0 Å². The number of aryl methyl sites for hydroxylation is 1. The van der Waals surface area contributed by atoms with Gasteiger partial charge >= 0.3 is 0 Å². The molecule has 2 aromatic carbocycles. The van der Waals surface area contributed by atoms with Gasteiger partial charge in [-0.05, 0) is 57.0 Å². The van der Waals surface area contributed by atoms with Gasteiger partial charge in [-0.2, -0.15) is 0 Å². The Bertz CT molecular complexity index is 952. The van der Waals surface area contributed by atoms with Gasteiger partial charge < -0.3 is 15.5 Å². The molecule has 1 unspecified atom stereocenters. The Kier molecular flexibility index (Phi) is 6.01. The van der Waals surface area contributed by atoms with E-state index in [9.17, 15) is 14.4 Å². The number of carbonyl (C=O) groups is 3. The fourth-order valence-electron chi connectivity index (χ4n) is 3.51. The first-order valence-corrected chi connectivity index (χ1v) is 9.85. The second-order valence-corrected chi connectivity index (χ2v) is 7.79. The molecular formula is C23H27N3O3. The van der Waals surface area contributed by atoms with E-state index in [4.69, 9.17) is 0 Å². The molecule has 0 bridgehead atoms. The smallest absolute Gasteiger partial charge is 0.253 e. The van der Waals surface area contributed by atoms with Crippen LogP contribution in [-0.4, -0.2) is 30.3 Å². The highest BCUT2D eigenvalue weighted by molar-refractivity contribution is 6.07. The Morgan fingerprint density at radius 3 is 2.52 bits per heavy atom. The maximum atomic E-state index is 12.9. The molecule has 152 valence electrons. The van der Waals surface area contributed by atoms with Gasteiger partial charge in [-0.15, -0.1) is 0 Å². The number of anilines is 2. The van der Waals surface area contributed by atoms with Crippen molar-refractivity contribution >= 4 is 29.1 Å². The summed E-state index contributed by atoms with van der Waals surface area (Å²) < 4.78 is 0. The van der Waals surface area contributed by atoms with Crippen LogP contribution in [0.15, 0.2) is 42.5 Å². The number of hydrogen-bond acceptors (Lipinski definition) is 3. The van der Waals surface area contributed by atoms with Crippen LogP contribution in [0.1, 0.15) is 41.8 Å². The van der Waals surface area contributed by atoms with Crippen molar-refractivity contribution in [2.45, 2.75) is 40.2 Å². The highest BCUT2D eigenvalue weighted by Crippen LogP contribution is 2.30. The lowest BCUT2D eigenvalue weighted by Crippen LogP contribution is -2.32. The maximum absolute atomic E-state index is 12.9. The van der Waals surface area contributed by atoms with E-state index in [1.807, 2.05) is 45.9 Å². The summed E-state index contributed by atoms with van der Waals surface area (Å²) in [4.78, 5) is 39.5. The molecule has 0 saturated carbocycles. The van der Waals surface area contributed by atoms with E-state index in [1.165, 1.54) is 0 Å². The van der Waals surface area contributed by atoms with Gasteiger partial charge in [0.25, 0.3) is 5.91 Å². The summed E-state index contributed by atoms with van der Waals surface area (Å²) in [5.41, 5.74) is 3.85. The molecule has 0 aliphatic carbocycles. The van der Waals surface area contributed by atoms with E-state index in [-0.39, 0.29) is 30.2 Å². The van der Waals surface area contributed by atoms with Gasteiger partial charge in [0.2, 0.25) is 11.8 Å². The molecular weight excluding hydrogens is 366 g/mol. The van der Waals surface area contributed by atoms with Crippen molar-refractivity contribution in [3.8, 4) is 0 Å². The SMILES string of the molecule is Cc1cccc(N2CC(C(=O)Nc3ccccc3C(=O)NC(C)C)CC2=O)c1C. The first kappa shape index (κ1) is 20.6. The zero-order valence-corrected chi connectivity index (χ0v) is 17.3. The van der Waals surface area contributed by atoms with Crippen LogP contribution in [-0.2, 0) is 9.59 Å². The number of nitrogens with zero attached hydrogens (tertiary/aromatic N) is 1. The standard InChI is InChI=1S/C23H27N3O3/c1-14(2)24-23(29)18-9-5-6-10-19(18)25-22(28)17-12-21(27)26(13-17)20-11-7-8-15(3)16(20)4/h5-11,14,17H,12-13H2,1-4H3,(H,24,29)(H,25,28). The average Bonchev–Trinajstić information content (AvgIpc) is 3.05. The van der Waals surface area contributed by atoms with Gasteiger partial charge in [0, 0.05) is 24.7 Å². The highest BCUT2D eigenvalue weighted by Gasteiger charge is 2.36. The highest BCUT2D eigenvalue weighted by atomic mass is 16.2. The topological polar surface area (TPSA) is 78.5 Å². The summed E-state index contributed by atoms with van der Waals surface area (Å²) in [6.07, 6.45) is 0.152. The summed E-state index contributed by atoms with van der Waals surface area (Å²) in [6.45, 7) is 8.07. The van der Waals surface area contributed by atoms with E-state index in [0.29, 0.717) is 17.8 Å². The number of benzene rings is 2. The lowest BCUT2D eigenvalue weighted by atomic mass is 10.1. The molecule has 3 rings (SSSR count). The number of amides is 3. The molecule has 3 amide bonds. The van der Waals surface area contributed by atoms with Crippen molar-refractivity contribution in [3.05, 3.63) is 59.2 Å². The number of para-hydroxylation sites is 1. The fraction of sp³-hybridized carbons (Fsp3) is 0.348. The minimum Gasteiger partial charge on any atom is -0.350 e. The Labute approximate surface area is 171 Å². The van der Waals surface area contributed by atoms with E-state index in [0.717, 1.165) is 16.8 Å². The monoisotopic (exact) mass is 393 g/mol. The van der Waals surface area contributed by atoms with E-state index in [1.54, 1.807) is 29.2 Å². The lowest BCUT2D eigenvalue weighted by molar-refractivity contribution is -0.122. The van der Waals surface area contributed by atoms with Crippen molar-refractivity contribution in [3.63, 3.8) is 0 Å².